The first-order chi connectivity index (χ1) is 17.0. The summed E-state index contributed by atoms with van der Waals surface area (Å²) in [4.78, 5) is 9.04. The minimum absolute atomic E-state index is 0. The molecule has 0 fully saturated rings. The van der Waals surface area contributed by atoms with E-state index in [0.717, 1.165) is 22.5 Å². The molecular weight excluding hydrogens is 684 g/mol. The minimum atomic E-state index is 0. The molecule has 3 heterocycles. The van der Waals surface area contributed by atoms with E-state index in [4.69, 9.17) is 0 Å². The molecule has 0 saturated heterocycles. The maximum Gasteiger partial charge on any atom is 0 e. The van der Waals surface area contributed by atoms with Gasteiger partial charge in [-0.3, -0.25) is 0 Å². The number of rotatable bonds is 2. The summed E-state index contributed by atoms with van der Waals surface area (Å²) in [5.74, 6) is 0. The van der Waals surface area contributed by atoms with Crippen LogP contribution in [0.5, 0.6) is 0 Å². The Morgan fingerprint density at radius 2 is 1.42 bits per heavy atom. The molecule has 3 aromatic heterocycles. The average Bonchev–Trinajstić information content (AvgIpc) is 3.25. The number of nitrogens with zero attached hydrogens (tertiary/aromatic N) is 2. The number of pyridine rings is 2. The Morgan fingerprint density at radius 1 is 0.639 bits per heavy atom. The van der Waals surface area contributed by atoms with Crippen LogP contribution in [0.4, 0.5) is 0 Å². The number of aromatic nitrogens is 2. The van der Waals surface area contributed by atoms with Gasteiger partial charge < -0.3 is 4.98 Å². The molecule has 3 aromatic carbocycles. The molecule has 0 aliphatic heterocycles. The summed E-state index contributed by atoms with van der Waals surface area (Å²) in [5, 5.41) is 2.72. The van der Waals surface area contributed by atoms with Crippen LogP contribution >= 0.6 is 0 Å². The van der Waals surface area contributed by atoms with Gasteiger partial charge in [-0.1, -0.05) is 18.6 Å². The normalized spacial score (nSPS) is 10.6. The summed E-state index contributed by atoms with van der Waals surface area (Å²) in [6, 6.07) is 31.8. The first-order valence-corrected chi connectivity index (χ1v) is 13.4. The number of hydrogen-bond donors (Lipinski definition) is 0. The third-order valence-electron chi connectivity index (χ3n) is 6.11. The van der Waals surface area contributed by atoms with Crippen molar-refractivity contribution in [3.8, 4) is 22.5 Å². The molecule has 0 aliphatic carbocycles. The Balaban J connectivity index is 0.000000172. The second-order valence-electron chi connectivity index (χ2n) is 8.88. The van der Waals surface area contributed by atoms with E-state index in [9.17, 15) is 0 Å². The molecule has 181 valence electrons. The second kappa shape index (κ2) is 11.5. The van der Waals surface area contributed by atoms with Crippen molar-refractivity contribution >= 4 is 33.8 Å². The molecule has 0 aliphatic rings. The predicted molar refractivity (Wildman–Crippen MR) is 148 cm³/mol. The van der Waals surface area contributed by atoms with Crippen LogP contribution < -0.4 is 0 Å². The number of hydrogen-bond acceptors (Lipinski definition) is 2. The van der Waals surface area contributed by atoms with Crippen LogP contribution in [0.25, 0.3) is 41.8 Å². The van der Waals surface area contributed by atoms with Crippen molar-refractivity contribution in [2.24, 2.45) is 0 Å². The molecule has 0 saturated carbocycles. The van der Waals surface area contributed by atoms with Crippen LogP contribution in [-0.2, 0) is 20.1 Å². The zero-order chi connectivity index (χ0) is 24.4. The van der Waals surface area contributed by atoms with Crippen LogP contribution in [0.1, 0.15) is 22.3 Å². The van der Waals surface area contributed by atoms with E-state index in [2.05, 4.69) is 110 Å². The van der Waals surface area contributed by atoms with Crippen LogP contribution in [0.15, 0.2) is 85.2 Å². The van der Waals surface area contributed by atoms with Gasteiger partial charge in [0.2, 0.25) is 0 Å². The largest absolute Gasteiger partial charge is 0 e. The van der Waals surface area contributed by atoms with Crippen molar-refractivity contribution in [1.29, 1.82) is 0 Å². The van der Waals surface area contributed by atoms with Crippen molar-refractivity contribution in [2.45, 2.75) is 27.7 Å². The monoisotopic (exact) mass is 711 g/mol. The zero-order valence-electron chi connectivity index (χ0n) is 20.7. The quantitative estimate of drug-likeness (QED) is 0.136. The Kier molecular flexibility index (Phi) is 8.34. The molecule has 6 aromatic rings. The molecule has 0 bridgehead atoms. The number of fused-ring (bicyclic) bond motifs is 3. The smallest absolute Gasteiger partial charge is 0 e. The molecule has 2 nitrogen and oxygen atoms in total. The Hall–Kier alpha value is -2.87. The number of benzene rings is 3. The van der Waals surface area contributed by atoms with Gasteiger partial charge in [-0.2, -0.15) is 0 Å². The van der Waals surface area contributed by atoms with Gasteiger partial charge in [0, 0.05) is 26.3 Å². The van der Waals surface area contributed by atoms with Crippen LogP contribution in [0.3, 0.4) is 0 Å². The van der Waals surface area contributed by atoms with E-state index in [0.29, 0.717) is 14.5 Å². The van der Waals surface area contributed by atoms with Gasteiger partial charge in [-0.05, 0) is 25.1 Å². The molecule has 0 spiro atoms. The fourth-order valence-electron chi connectivity index (χ4n) is 3.94. The van der Waals surface area contributed by atoms with Gasteiger partial charge in [0.05, 0.1) is 0 Å². The van der Waals surface area contributed by atoms with Crippen LogP contribution in [0, 0.1) is 39.8 Å². The van der Waals surface area contributed by atoms with Crippen LogP contribution in [0.2, 0.25) is 0 Å². The molecule has 0 amide bonds. The summed E-state index contributed by atoms with van der Waals surface area (Å²) >= 11 is 0.397. The number of aryl methyl sites for hydroxylation is 4. The van der Waals surface area contributed by atoms with E-state index in [1.54, 1.807) is 0 Å². The Labute approximate surface area is 232 Å². The first-order valence-electron chi connectivity index (χ1n) is 11.7. The van der Waals surface area contributed by atoms with Crippen molar-refractivity contribution in [2.75, 3.05) is 0 Å². The first kappa shape index (κ1) is 26.2. The van der Waals surface area contributed by atoms with Crippen molar-refractivity contribution < 1.29 is 20.1 Å². The fraction of sp³-hybridized carbons (Fsp3) is 0.125. The average molecular weight is 710 g/mol. The Bertz CT molecular complexity index is 1630. The summed E-state index contributed by atoms with van der Waals surface area (Å²) < 4.78 is 2.84. The van der Waals surface area contributed by atoms with E-state index in [1.807, 2.05) is 24.5 Å². The van der Waals surface area contributed by atoms with Gasteiger partial charge in [0.25, 0.3) is 0 Å². The van der Waals surface area contributed by atoms with Crippen LogP contribution in [-0.4, -0.2) is 24.5 Å². The minimum Gasteiger partial charge on any atom is 0 e. The molecular formula is C32H26IrN2Se-2. The van der Waals surface area contributed by atoms with Gasteiger partial charge in [-0.25, -0.2) is 0 Å². The maximum absolute atomic E-state index is 4.63. The van der Waals surface area contributed by atoms with Crippen molar-refractivity contribution in [3.63, 3.8) is 0 Å². The van der Waals surface area contributed by atoms with Crippen molar-refractivity contribution in [1.82, 2.24) is 9.97 Å². The summed E-state index contributed by atoms with van der Waals surface area (Å²) in [6.45, 7) is 8.34. The van der Waals surface area contributed by atoms with Gasteiger partial charge >= 0.3 is 123 Å². The third kappa shape index (κ3) is 5.75. The SMILES string of the molecule is Cc1c[c-]c(-c2cc(C)c(C)cn2)cc1.Cc1cc[c-]c(-c2cc3c(cn2)[se]c2ccccc23)c1.[Ir]. The molecule has 0 atom stereocenters. The standard InChI is InChI=1S/C18H12NSe.C14H14N.Ir/c1-12-5-4-6-13(9-12)16-10-15-14-7-2-3-8-17(14)20-18(15)11-19-16;1-10-4-6-13(7-5-10)14-8-11(2)12(3)9-15-14;/h2-5,7-11H,1H3;4-6,8-9H,1-3H3;/q2*-1;. The van der Waals surface area contributed by atoms with Gasteiger partial charge in [0.1, 0.15) is 0 Å². The molecule has 1 radical (unpaired) electrons. The van der Waals surface area contributed by atoms with E-state index in [-0.39, 0.29) is 20.1 Å². The summed E-state index contributed by atoms with van der Waals surface area (Å²) in [7, 11) is 0. The molecule has 4 heteroatoms. The zero-order valence-corrected chi connectivity index (χ0v) is 24.8. The molecule has 0 N–H and O–H groups in total. The van der Waals surface area contributed by atoms with Crippen molar-refractivity contribution in [3.05, 3.63) is 120 Å². The summed E-state index contributed by atoms with van der Waals surface area (Å²) in [5.41, 5.74) is 9.11. The van der Waals surface area contributed by atoms with E-state index >= 15 is 0 Å². The molecule has 36 heavy (non-hydrogen) atoms. The Morgan fingerprint density at radius 3 is 2.17 bits per heavy atom. The topological polar surface area (TPSA) is 25.8 Å². The molecule has 0 unspecified atom stereocenters. The third-order valence-corrected chi connectivity index (χ3v) is 8.47. The molecule has 6 rings (SSSR count). The van der Waals surface area contributed by atoms with E-state index < -0.39 is 0 Å². The van der Waals surface area contributed by atoms with Gasteiger partial charge in [-0.15, -0.1) is 35.4 Å². The van der Waals surface area contributed by atoms with E-state index in [1.165, 1.54) is 41.5 Å². The second-order valence-corrected chi connectivity index (χ2v) is 11.2. The maximum atomic E-state index is 4.63. The fourth-order valence-corrected chi connectivity index (χ4v) is 6.16. The summed E-state index contributed by atoms with van der Waals surface area (Å²) in [6.07, 6.45) is 3.96. The predicted octanol–water partition coefficient (Wildman–Crippen LogP) is 7.69. The van der Waals surface area contributed by atoms with Gasteiger partial charge in [0.15, 0.2) is 0 Å².